The van der Waals surface area contributed by atoms with Crippen molar-refractivity contribution in [3.05, 3.63) is 0 Å². The molecule has 0 atom stereocenters. The summed E-state index contributed by atoms with van der Waals surface area (Å²) >= 11 is 1.71. The van der Waals surface area contributed by atoms with Crippen LogP contribution in [0.2, 0.25) is 0 Å². The summed E-state index contributed by atoms with van der Waals surface area (Å²) in [5.41, 5.74) is 0. The minimum Gasteiger partial charge on any atom is -0.319 e. The molecule has 1 heterocycles. The highest BCUT2D eigenvalue weighted by Gasteiger charge is 2.32. The molecule has 1 aliphatic rings. The summed E-state index contributed by atoms with van der Waals surface area (Å²) in [5.74, 6) is -0.919. The lowest BCUT2D eigenvalue weighted by atomic mass is 10.4. The Kier molecular flexibility index (Phi) is 3.32. The molecule has 0 unspecified atom stereocenters. The lowest BCUT2D eigenvalue weighted by molar-refractivity contribution is -0.169. The van der Waals surface area contributed by atoms with Crippen molar-refractivity contribution >= 4 is 47.3 Å². The molecule has 0 radical (unpaired) electrons. The zero-order valence-corrected chi connectivity index (χ0v) is 8.75. The minimum atomic E-state index is -0.667. The topological polar surface area (TPSA) is 63.7 Å². The van der Waals surface area contributed by atoms with E-state index in [0.717, 1.165) is 8.93 Å². The predicted octanol–water partition coefficient (Wildman–Crippen LogP) is 1.27. The highest BCUT2D eigenvalue weighted by Crippen LogP contribution is 2.19. The largest absolute Gasteiger partial charge is 0.402 e. The summed E-state index contributed by atoms with van der Waals surface area (Å²) < 4.78 is 0. The van der Waals surface area contributed by atoms with E-state index >= 15 is 0 Å². The fraction of sp³-hybridized carbons (Fsp3) is 0.400. The van der Waals surface area contributed by atoms with Crippen LogP contribution in [0.5, 0.6) is 0 Å². The Morgan fingerprint density at radius 1 is 1.42 bits per heavy atom. The van der Waals surface area contributed by atoms with Gasteiger partial charge >= 0.3 is 5.30 Å². The van der Waals surface area contributed by atoms with Crippen molar-refractivity contribution in [2.24, 2.45) is 0 Å². The molecular formula is C5H4INO4S. The zero-order valence-electron chi connectivity index (χ0n) is 5.78. The fourth-order valence-electron chi connectivity index (χ4n) is 0.746. The molecule has 1 fully saturated rings. The Bertz CT molecular complexity index is 228. The van der Waals surface area contributed by atoms with Gasteiger partial charge in [0.2, 0.25) is 0 Å². The van der Waals surface area contributed by atoms with Gasteiger partial charge in [0.05, 0.1) is 0 Å². The van der Waals surface area contributed by atoms with Crippen LogP contribution >= 0.6 is 30.1 Å². The van der Waals surface area contributed by atoms with Gasteiger partial charge < -0.3 is 4.84 Å². The molecule has 0 saturated carbocycles. The first-order valence-corrected chi connectivity index (χ1v) is 6.37. The minimum absolute atomic E-state index is 0.123. The molecule has 5 nitrogen and oxygen atoms in total. The summed E-state index contributed by atoms with van der Waals surface area (Å²) in [6, 6.07) is 0. The second-order valence-electron chi connectivity index (χ2n) is 2.00. The maximum Gasteiger partial charge on any atom is 0.402 e. The van der Waals surface area contributed by atoms with E-state index in [9.17, 15) is 14.4 Å². The van der Waals surface area contributed by atoms with Gasteiger partial charge in [-0.05, 0) is 0 Å². The monoisotopic (exact) mass is 301 g/mol. The molecule has 1 saturated heterocycles. The SMILES string of the molecule is O=C(ON1C(=O)CCC1=O)SI. The average Bonchev–Trinajstić information content (AvgIpc) is 2.35. The molecule has 0 bridgehead atoms. The van der Waals surface area contributed by atoms with Crippen molar-refractivity contribution in [1.82, 2.24) is 5.06 Å². The van der Waals surface area contributed by atoms with Crippen LogP contribution in [-0.2, 0) is 14.4 Å². The lowest BCUT2D eigenvalue weighted by Gasteiger charge is -2.09. The summed E-state index contributed by atoms with van der Waals surface area (Å²) in [6.45, 7) is 0. The molecule has 1 aliphatic heterocycles. The number of halogens is 1. The molecule has 0 aromatic rings. The number of carbonyl (C=O) groups is 3. The number of carbonyl (C=O) groups excluding carboxylic acids is 3. The first-order chi connectivity index (χ1) is 5.65. The standard InChI is InChI=1S/C5H4INO4S/c6-12-5(10)11-7-3(8)1-2-4(7)9/h1-2H2. The summed E-state index contributed by atoms with van der Waals surface area (Å²) in [5, 5.41) is -0.146. The fourth-order valence-corrected chi connectivity index (χ4v) is 1.09. The van der Waals surface area contributed by atoms with Crippen LogP contribution in [0.1, 0.15) is 12.8 Å². The van der Waals surface area contributed by atoms with Crippen molar-refractivity contribution in [2.45, 2.75) is 12.8 Å². The number of hydrogen-bond acceptors (Lipinski definition) is 5. The third-order valence-electron chi connectivity index (χ3n) is 1.23. The highest BCUT2D eigenvalue weighted by molar-refractivity contribution is 14.2. The number of amides is 2. The molecule has 2 amide bonds. The summed E-state index contributed by atoms with van der Waals surface area (Å²) in [4.78, 5) is 36.8. The molecule has 0 spiro atoms. The quantitative estimate of drug-likeness (QED) is 0.539. The maximum absolute atomic E-state index is 10.9. The molecule has 1 rings (SSSR count). The number of rotatable bonds is 1. The van der Waals surface area contributed by atoms with Crippen LogP contribution in [0.4, 0.5) is 4.79 Å². The molecule has 0 aromatic heterocycles. The van der Waals surface area contributed by atoms with E-state index in [0.29, 0.717) is 5.06 Å². The van der Waals surface area contributed by atoms with Crippen LogP contribution in [0.15, 0.2) is 0 Å². The van der Waals surface area contributed by atoms with Crippen LogP contribution in [-0.4, -0.2) is 22.2 Å². The summed E-state index contributed by atoms with van der Waals surface area (Å²) in [6.07, 6.45) is 0.246. The maximum atomic E-state index is 10.9. The van der Waals surface area contributed by atoms with E-state index in [4.69, 9.17) is 0 Å². The van der Waals surface area contributed by atoms with Crippen LogP contribution in [0, 0.1) is 0 Å². The van der Waals surface area contributed by atoms with Crippen molar-refractivity contribution in [3.8, 4) is 0 Å². The smallest absolute Gasteiger partial charge is 0.319 e. The van der Waals surface area contributed by atoms with Crippen LogP contribution in [0.3, 0.4) is 0 Å². The molecule has 66 valence electrons. The number of hydroxylamine groups is 2. The van der Waals surface area contributed by atoms with Crippen molar-refractivity contribution in [3.63, 3.8) is 0 Å². The van der Waals surface area contributed by atoms with E-state index < -0.39 is 17.1 Å². The second kappa shape index (κ2) is 4.08. The van der Waals surface area contributed by atoms with Gasteiger partial charge in [0, 0.05) is 43.0 Å². The molecule has 0 aliphatic carbocycles. The Labute approximate surface area is 84.3 Å². The third kappa shape index (κ3) is 2.09. The van der Waals surface area contributed by atoms with Gasteiger partial charge in [-0.2, -0.15) is 0 Å². The van der Waals surface area contributed by atoms with E-state index in [2.05, 4.69) is 4.84 Å². The Morgan fingerprint density at radius 2 is 1.92 bits per heavy atom. The van der Waals surface area contributed by atoms with E-state index in [1.165, 1.54) is 0 Å². The Hall–Kier alpha value is -0.310. The van der Waals surface area contributed by atoms with E-state index in [1.807, 2.05) is 0 Å². The Morgan fingerprint density at radius 3 is 2.33 bits per heavy atom. The van der Waals surface area contributed by atoms with Crippen molar-refractivity contribution in [1.29, 1.82) is 0 Å². The van der Waals surface area contributed by atoms with Gasteiger partial charge in [-0.3, -0.25) is 9.59 Å². The van der Waals surface area contributed by atoms with Crippen molar-refractivity contribution < 1.29 is 19.2 Å². The van der Waals surface area contributed by atoms with Gasteiger partial charge in [-0.25, -0.2) is 4.79 Å². The molecule has 0 aromatic carbocycles. The summed E-state index contributed by atoms with van der Waals surface area (Å²) in [7, 11) is 0.778. The van der Waals surface area contributed by atoms with E-state index in [-0.39, 0.29) is 12.8 Å². The van der Waals surface area contributed by atoms with Crippen LogP contribution < -0.4 is 0 Å². The Balaban J connectivity index is 2.56. The molecule has 12 heavy (non-hydrogen) atoms. The van der Waals surface area contributed by atoms with Gasteiger partial charge in [0.1, 0.15) is 0 Å². The molecule has 0 N–H and O–H groups in total. The average molecular weight is 301 g/mol. The first-order valence-electron chi connectivity index (χ1n) is 3.01. The van der Waals surface area contributed by atoms with Crippen molar-refractivity contribution in [2.75, 3.05) is 0 Å². The van der Waals surface area contributed by atoms with Gasteiger partial charge in [0.15, 0.2) is 0 Å². The molecule has 7 heteroatoms. The normalized spacial score (nSPS) is 16.9. The van der Waals surface area contributed by atoms with E-state index in [1.54, 1.807) is 21.2 Å². The highest BCUT2D eigenvalue weighted by atomic mass is 127. The van der Waals surface area contributed by atoms with Gasteiger partial charge in [-0.15, -0.1) is 5.06 Å². The predicted molar refractivity (Wildman–Crippen MR) is 49.2 cm³/mol. The lowest BCUT2D eigenvalue weighted by Crippen LogP contribution is -2.30. The number of imide groups is 1. The van der Waals surface area contributed by atoms with Gasteiger partial charge in [-0.1, -0.05) is 0 Å². The second-order valence-corrected chi connectivity index (χ2v) is 3.81. The zero-order chi connectivity index (χ0) is 9.14. The number of hydrogen-bond donors (Lipinski definition) is 0. The number of nitrogens with zero attached hydrogens (tertiary/aromatic N) is 1. The first kappa shape index (κ1) is 9.78. The van der Waals surface area contributed by atoms with Gasteiger partial charge in [0.25, 0.3) is 11.8 Å². The van der Waals surface area contributed by atoms with Crippen LogP contribution in [0.25, 0.3) is 0 Å². The molecular weight excluding hydrogens is 297 g/mol. The third-order valence-corrected chi connectivity index (χ3v) is 2.51.